The number of halogens is 2. The SMILES string of the molecule is CC(C)(C)OC(=O)N1CCCC1CC(F)(F)CN. The highest BCUT2D eigenvalue weighted by Crippen LogP contribution is 2.29. The molecule has 0 aromatic heterocycles. The zero-order chi connectivity index (χ0) is 14.0. The summed E-state index contributed by atoms with van der Waals surface area (Å²) in [5.41, 5.74) is 4.41. The standard InChI is InChI=1S/C12H22F2N2O2/c1-11(2,3)18-10(17)16-6-4-5-9(16)7-12(13,14)8-15/h9H,4-8,15H2,1-3H3. The number of amides is 1. The molecule has 1 amide bonds. The number of carbonyl (C=O) groups excluding carboxylic acids is 1. The van der Waals surface area contributed by atoms with Crippen LogP contribution in [-0.4, -0.2) is 41.6 Å². The maximum absolute atomic E-state index is 13.3. The maximum atomic E-state index is 13.3. The monoisotopic (exact) mass is 264 g/mol. The lowest BCUT2D eigenvalue weighted by molar-refractivity contribution is -0.0251. The number of carbonyl (C=O) groups is 1. The summed E-state index contributed by atoms with van der Waals surface area (Å²) in [5.74, 6) is -2.92. The number of hydrogen-bond donors (Lipinski definition) is 1. The van der Waals surface area contributed by atoms with Gasteiger partial charge in [-0.2, -0.15) is 0 Å². The normalized spacial score (nSPS) is 21.2. The Morgan fingerprint density at radius 3 is 2.56 bits per heavy atom. The van der Waals surface area contributed by atoms with Gasteiger partial charge in [0.05, 0.1) is 6.54 Å². The first kappa shape index (κ1) is 15.1. The van der Waals surface area contributed by atoms with E-state index in [4.69, 9.17) is 10.5 Å². The molecule has 1 aliphatic heterocycles. The van der Waals surface area contributed by atoms with E-state index in [1.54, 1.807) is 20.8 Å². The number of hydrogen-bond acceptors (Lipinski definition) is 3. The third-order valence-corrected chi connectivity index (χ3v) is 2.84. The first-order valence-electron chi connectivity index (χ1n) is 6.22. The molecule has 0 saturated carbocycles. The van der Waals surface area contributed by atoms with E-state index in [1.165, 1.54) is 4.90 Å². The van der Waals surface area contributed by atoms with E-state index in [1.807, 2.05) is 0 Å². The summed E-state index contributed by atoms with van der Waals surface area (Å²) >= 11 is 0. The second kappa shape index (κ2) is 5.38. The molecular weight excluding hydrogens is 242 g/mol. The van der Waals surface area contributed by atoms with Crippen molar-refractivity contribution in [2.75, 3.05) is 13.1 Å². The topological polar surface area (TPSA) is 55.6 Å². The fourth-order valence-electron chi connectivity index (χ4n) is 2.04. The van der Waals surface area contributed by atoms with E-state index < -0.39 is 30.2 Å². The van der Waals surface area contributed by atoms with E-state index in [0.29, 0.717) is 13.0 Å². The number of ether oxygens (including phenoxy) is 1. The van der Waals surface area contributed by atoms with Gasteiger partial charge in [-0.25, -0.2) is 13.6 Å². The predicted octanol–water partition coefficient (Wildman–Crippen LogP) is 2.37. The lowest BCUT2D eigenvalue weighted by Gasteiger charge is -2.30. The molecule has 0 aromatic rings. The second-order valence-corrected chi connectivity index (χ2v) is 5.73. The van der Waals surface area contributed by atoms with Crippen LogP contribution in [0.2, 0.25) is 0 Å². The Labute approximate surface area is 106 Å². The quantitative estimate of drug-likeness (QED) is 0.851. The Bertz CT molecular complexity index is 303. The number of nitrogens with two attached hydrogens (primary N) is 1. The molecule has 0 radical (unpaired) electrons. The Balaban J connectivity index is 2.62. The number of likely N-dealkylation sites (tertiary alicyclic amines) is 1. The van der Waals surface area contributed by atoms with E-state index in [2.05, 4.69) is 0 Å². The Morgan fingerprint density at radius 2 is 2.06 bits per heavy atom. The summed E-state index contributed by atoms with van der Waals surface area (Å²) in [7, 11) is 0. The minimum Gasteiger partial charge on any atom is -0.444 e. The van der Waals surface area contributed by atoms with Gasteiger partial charge in [0.25, 0.3) is 5.92 Å². The summed E-state index contributed by atoms with van der Waals surface area (Å²) in [6.07, 6.45) is 0.403. The molecule has 0 aromatic carbocycles. The van der Waals surface area contributed by atoms with Crippen LogP contribution >= 0.6 is 0 Å². The van der Waals surface area contributed by atoms with Crippen LogP contribution in [0.15, 0.2) is 0 Å². The molecule has 0 spiro atoms. The summed E-state index contributed by atoms with van der Waals surface area (Å²) in [6, 6.07) is -0.474. The highest BCUT2D eigenvalue weighted by Gasteiger charge is 2.39. The zero-order valence-electron chi connectivity index (χ0n) is 11.2. The van der Waals surface area contributed by atoms with Crippen LogP contribution in [-0.2, 0) is 4.74 Å². The number of nitrogens with zero attached hydrogens (tertiary/aromatic N) is 1. The van der Waals surface area contributed by atoms with Gasteiger partial charge in [0.1, 0.15) is 5.60 Å². The van der Waals surface area contributed by atoms with Gasteiger partial charge in [-0.15, -0.1) is 0 Å². The first-order chi connectivity index (χ1) is 8.14. The van der Waals surface area contributed by atoms with Gasteiger partial charge in [0.15, 0.2) is 0 Å². The summed E-state index contributed by atoms with van der Waals surface area (Å²) in [5, 5.41) is 0. The molecule has 106 valence electrons. The third-order valence-electron chi connectivity index (χ3n) is 2.84. The maximum Gasteiger partial charge on any atom is 0.410 e. The highest BCUT2D eigenvalue weighted by molar-refractivity contribution is 5.68. The van der Waals surface area contributed by atoms with Crippen LogP contribution in [0.1, 0.15) is 40.0 Å². The van der Waals surface area contributed by atoms with Crippen molar-refractivity contribution in [3.8, 4) is 0 Å². The van der Waals surface area contributed by atoms with Crippen molar-refractivity contribution in [3.63, 3.8) is 0 Å². The van der Waals surface area contributed by atoms with E-state index in [9.17, 15) is 13.6 Å². The average Bonchev–Trinajstić information content (AvgIpc) is 2.62. The van der Waals surface area contributed by atoms with Crippen molar-refractivity contribution in [2.24, 2.45) is 5.73 Å². The molecule has 1 saturated heterocycles. The molecule has 1 aliphatic rings. The van der Waals surface area contributed by atoms with Crippen LogP contribution in [0, 0.1) is 0 Å². The Morgan fingerprint density at radius 1 is 1.44 bits per heavy atom. The molecule has 1 unspecified atom stereocenters. The van der Waals surface area contributed by atoms with Gasteiger partial charge in [-0.05, 0) is 33.6 Å². The Hall–Kier alpha value is -0.910. The van der Waals surface area contributed by atoms with E-state index in [-0.39, 0.29) is 6.42 Å². The highest BCUT2D eigenvalue weighted by atomic mass is 19.3. The lowest BCUT2D eigenvalue weighted by Crippen LogP contribution is -2.43. The molecule has 1 atom stereocenters. The largest absolute Gasteiger partial charge is 0.444 e. The molecule has 2 N–H and O–H groups in total. The van der Waals surface area contributed by atoms with E-state index >= 15 is 0 Å². The Kier molecular flexibility index (Phi) is 4.53. The third kappa shape index (κ3) is 4.40. The smallest absolute Gasteiger partial charge is 0.410 e. The molecule has 1 heterocycles. The second-order valence-electron chi connectivity index (χ2n) is 5.73. The van der Waals surface area contributed by atoms with Gasteiger partial charge in [0, 0.05) is 19.0 Å². The lowest BCUT2D eigenvalue weighted by atomic mass is 10.1. The number of alkyl halides is 2. The van der Waals surface area contributed by atoms with Crippen molar-refractivity contribution in [1.29, 1.82) is 0 Å². The van der Waals surface area contributed by atoms with E-state index in [0.717, 1.165) is 6.42 Å². The van der Waals surface area contributed by atoms with Crippen molar-refractivity contribution in [3.05, 3.63) is 0 Å². The summed E-state index contributed by atoms with van der Waals surface area (Å²) < 4.78 is 31.8. The molecule has 1 rings (SSSR count). The summed E-state index contributed by atoms with van der Waals surface area (Å²) in [4.78, 5) is 13.3. The minimum atomic E-state index is -2.92. The van der Waals surface area contributed by atoms with Crippen LogP contribution < -0.4 is 5.73 Å². The predicted molar refractivity (Wildman–Crippen MR) is 64.6 cm³/mol. The fraction of sp³-hybridized carbons (Fsp3) is 0.917. The van der Waals surface area contributed by atoms with Gasteiger partial charge >= 0.3 is 6.09 Å². The van der Waals surface area contributed by atoms with Crippen molar-refractivity contribution < 1.29 is 18.3 Å². The molecule has 6 heteroatoms. The fourth-order valence-corrected chi connectivity index (χ4v) is 2.04. The number of rotatable bonds is 3. The zero-order valence-corrected chi connectivity index (χ0v) is 11.2. The molecule has 0 bridgehead atoms. The van der Waals surface area contributed by atoms with Crippen LogP contribution in [0.5, 0.6) is 0 Å². The molecule has 0 aliphatic carbocycles. The van der Waals surface area contributed by atoms with Crippen molar-refractivity contribution >= 4 is 6.09 Å². The molecule has 4 nitrogen and oxygen atoms in total. The molecule has 1 fully saturated rings. The van der Waals surface area contributed by atoms with Crippen molar-refractivity contribution in [1.82, 2.24) is 4.90 Å². The minimum absolute atomic E-state index is 0.386. The first-order valence-corrected chi connectivity index (χ1v) is 6.22. The van der Waals surface area contributed by atoms with Crippen LogP contribution in [0.3, 0.4) is 0 Å². The average molecular weight is 264 g/mol. The van der Waals surface area contributed by atoms with Gasteiger partial charge in [0.2, 0.25) is 0 Å². The van der Waals surface area contributed by atoms with Gasteiger partial charge in [-0.1, -0.05) is 0 Å². The molecule has 18 heavy (non-hydrogen) atoms. The van der Waals surface area contributed by atoms with Gasteiger partial charge in [-0.3, -0.25) is 0 Å². The van der Waals surface area contributed by atoms with Crippen LogP contribution in [0.4, 0.5) is 13.6 Å². The van der Waals surface area contributed by atoms with Crippen molar-refractivity contribution in [2.45, 2.75) is 57.6 Å². The molecular formula is C12H22F2N2O2. The van der Waals surface area contributed by atoms with Gasteiger partial charge < -0.3 is 15.4 Å². The summed E-state index contributed by atoms with van der Waals surface area (Å²) in [6.45, 7) is 5.05. The van der Waals surface area contributed by atoms with Crippen LogP contribution in [0.25, 0.3) is 0 Å².